The minimum Gasteiger partial charge on any atom is -0.384 e. The molecule has 1 aliphatic rings. The van der Waals surface area contributed by atoms with Crippen LogP contribution in [0.25, 0.3) is 0 Å². The first kappa shape index (κ1) is 14.9. The van der Waals surface area contributed by atoms with Crippen molar-refractivity contribution in [3.8, 4) is 0 Å². The molecule has 4 heteroatoms. The average molecular weight is 245 g/mol. The summed E-state index contributed by atoms with van der Waals surface area (Å²) in [4.78, 5) is 0. The second-order valence-corrected chi connectivity index (χ2v) is 5.35. The second kappa shape index (κ2) is 6.14. The SMILES string of the molecule is COC(OC)C(C)(O)C1(CN)CCCCCC1. The summed E-state index contributed by atoms with van der Waals surface area (Å²) in [5.74, 6) is 0. The minimum absolute atomic E-state index is 0.291. The molecule has 1 atom stereocenters. The first-order chi connectivity index (χ1) is 8.04. The van der Waals surface area contributed by atoms with Gasteiger partial charge in [0, 0.05) is 26.2 Å². The topological polar surface area (TPSA) is 64.7 Å². The zero-order valence-electron chi connectivity index (χ0n) is 11.4. The van der Waals surface area contributed by atoms with Gasteiger partial charge in [-0.15, -0.1) is 0 Å². The minimum atomic E-state index is -1.05. The molecular weight excluding hydrogens is 218 g/mol. The van der Waals surface area contributed by atoms with Crippen molar-refractivity contribution in [1.82, 2.24) is 0 Å². The lowest BCUT2D eigenvalue weighted by Crippen LogP contribution is -2.58. The third kappa shape index (κ3) is 2.81. The molecule has 0 aromatic rings. The first-order valence-corrected chi connectivity index (χ1v) is 6.52. The fraction of sp³-hybridized carbons (Fsp3) is 1.00. The maximum absolute atomic E-state index is 10.8. The molecule has 0 heterocycles. The molecule has 0 bridgehead atoms. The predicted molar refractivity (Wildman–Crippen MR) is 67.6 cm³/mol. The van der Waals surface area contributed by atoms with Crippen molar-refractivity contribution in [1.29, 1.82) is 0 Å². The molecule has 1 unspecified atom stereocenters. The van der Waals surface area contributed by atoms with E-state index in [0.29, 0.717) is 6.54 Å². The van der Waals surface area contributed by atoms with Crippen LogP contribution in [-0.4, -0.2) is 37.8 Å². The summed E-state index contributed by atoms with van der Waals surface area (Å²) in [5, 5.41) is 10.8. The Morgan fingerprint density at radius 1 is 1.18 bits per heavy atom. The molecule has 0 aromatic carbocycles. The number of hydrogen-bond donors (Lipinski definition) is 2. The van der Waals surface area contributed by atoms with Gasteiger partial charge in [0.1, 0.15) is 5.60 Å². The Bertz CT molecular complexity index is 219. The molecule has 102 valence electrons. The van der Waals surface area contributed by atoms with Crippen LogP contribution in [0.15, 0.2) is 0 Å². The van der Waals surface area contributed by atoms with E-state index < -0.39 is 11.9 Å². The van der Waals surface area contributed by atoms with E-state index in [9.17, 15) is 5.11 Å². The van der Waals surface area contributed by atoms with Gasteiger partial charge in [-0.25, -0.2) is 0 Å². The van der Waals surface area contributed by atoms with Crippen LogP contribution < -0.4 is 5.73 Å². The van der Waals surface area contributed by atoms with Gasteiger partial charge in [-0.2, -0.15) is 0 Å². The zero-order valence-corrected chi connectivity index (χ0v) is 11.4. The molecule has 0 aromatic heterocycles. The Hall–Kier alpha value is -0.160. The van der Waals surface area contributed by atoms with Crippen LogP contribution in [0.2, 0.25) is 0 Å². The van der Waals surface area contributed by atoms with E-state index in [1.807, 2.05) is 0 Å². The monoisotopic (exact) mass is 245 g/mol. The van der Waals surface area contributed by atoms with Gasteiger partial charge in [-0.1, -0.05) is 25.7 Å². The number of hydrogen-bond acceptors (Lipinski definition) is 4. The van der Waals surface area contributed by atoms with E-state index >= 15 is 0 Å². The quantitative estimate of drug-likeness (QED) is 0.571. The van der Waals surface area contributed by atoms with Crippen molar-refractivity contribution in [2.75, 3.05) is 20.8 Å². The maximum atomic E-state index is 10.8. The summed E-state index contributed by atoms with van der Waals surface area (Å²) in [6.45, 7) is 2.27. The number of nitrogens with two attached hydrogens (primary N) is 1. The molecule has 1 rings (SSSR count). The van der Waals surface area contributed by atoms with Gasteiger partial charge in [0.25, 0.3) is 0 Å². The highest BCUT2D eigenvalue weighted by atomic mass is 16.7. The Balaban J connectivity index is 2.95. The molecule has 4 nitrogen and oxygen atoms in total. The first-order valence-electron chi connectivity index (χ1n) is 6.52. The van der Waals surface area contributed by atoms with Gasteiger partial charge in [-0.05, 0) is 19.8 Å². The van der Waals surface area contributed by atoms with Crippen LogP contribution in [-0.2, 0) is 9.47 Å². The molecular formula is C13H27NO3. The molecule has 1 fully saturated rings. The molecule has 1 aliphatic carbocycles. The highest BCUT2D eigenvalue weighted by Crippen LogP contribution is 2.45. The van der Waals surface area contributed by atoms with Crippen molar-refractivity contribution >= 4 is 0 Å². The summed E-state index contributed by atoms with van der Waals surface area (Å²) >= 11 is 0. The Kier molecular flexibility index (Phi) is 5.38. The average Bonchev–Trinajstić information content (AvgIpc) is 2.56. The van der Waals surface area contributed by atoms with Gasteiger partial charge in [0.2, 0.25) is 0 Å². The normalized spacial score (nSPS) is 24.4. The maximum Gasteiger partial charge on any atom is 0.185 e. The molecule has 0 aliphatic heterocycles. The van der Waals surface area contributed by atoms with Crippen molar-refractivity contribution in [2.24, 2.45) is 11.1 Å². The van der Waals surface area contributed by atoms with E-state index in [1.165, 1.54) is 12.8 Å². The Labute approximate surface area is 104 Å². The summed E-state index contributed by atoms with van der Waals surface area (Å²) < 4.78 is 10.5. The van der Waals surface area contributed by atoms with Crippen molar-refractivity contribution in [3.63, 3.8) is 0 Å². The van der Waals surface area contributed by atoms with Crippen LogP contribution in [0.5, 0.6) is 0 Å². The van der Waals surface area contributed by atoms with Gasteiger partial charge in [0.05, 0.1) is 0 Å². The number of aliphatic hydroxyl groups is 1. The third-order valence-corrected chi connectivity index (χ3v) is 4.41. The van der Waals surface area contributed by atoms with Crippen LogP contribution in [0.4, 0.5) is 0 Å². The van der Waals surface area contributed by atoms with Crippen LogP contribution in [0, 0.1) is 5.41 Å². The van der Waals surface area contributed by atoms with E-state index in [0.717, 1.165) is 25.7 Å². The highest BCUT2D eigenvalue weighted by Gasteiger charge is 2.51. The van der Waals surface area contributed by atoms with Crippen molar-refractivity contribution < 1.29 is 14.6 Å². The van der Waals surface area contributed by atoms with E-state index in [-0.39, 0.29) is 5.41 Å². The standard InChI is InChI=1S/C13H27NO3/c1-12(15,11(16-2)17-3)13(10-14)8-6-4-5-7-9-13/h11,15H,4-10,14H2,1-3H3. The summed E-state index contributed by atoms with van der Waals surface area (Å²) in [6, 6.07) is 0. The number of methoxy groups -OCH3 is 2. The highest BCUT2D eigenvalue weighted by molar-refractivity contribution is 4.99. The van der Waals surface area contributed by atoms with E-state index in [4.69, 9.17) is 15.2 Å². The molecule has 0 amide bonds. The van der Waals surface area contributed by atoms with Gasteiger partial charge in [-0.3, -0.25) is 0 Å². The second-order valence-electron chi connectivity index (χ2n) is 5.35. The lowest BCUT2D eigenvalue weighted by atomic mass is 9.67. The molecule has 0 spiro atoms. The van der Waals surface area contributed by atoms with Gasteiger partial charge in [0.15, 0.2) is 6.29 Å². The number of ether oxygens (including phenoxy) is 2. The fourth-order valence-corrected chi connectivity index (χ4v) is 3.13. The summed E-state index contributed by atoms with van der Waals surface area (Å²) in [5.41, 5.74) is 4.63. The van der Waals surface area contributed by atoms with Crippen molar-refractivity contribution in [3.05, 3.63) is 0 Å². The summed E-state index contributed by atoms with van der Waals surface area (Å²) in [7, 11) is 3.12. The molecule has 1 saturated carbocycles. The fourth-order valence-electron chi connectivity index (χ4n) is 3.13. The third-order valence-electron chi connectivity index (χ3n) is 4.41. The lowest BCUT2D eigenvalue weighted by molar-refractivity contribution is -0.252. The van der Waals surface area contributed by atoms with Crippen LogP contribution in [0.3, 0.4) is 0 Å². The molecule has 0 radical (unpaired) electrons. The van der Waals surface area contributed by atoms with Crippen LogP contribution in [0.1, 0.15) is 45.4 Å². The van der Waals surface area contributed by atoms with Crippen LogP contribution >= 0.6 is 0 Å². The smallest absolute Gasteiger partial charge is 0.185 e. The largest absolute Gasteiger partial charge is 0.384 e. The molecule has 3 N–H and O–H groups in total. The van der Waals surface area contributed by atoms with Crippen molar-refractivity contribution in [2.45, 2.75) is 57.3 Å². The lowest BCUT2D eigenvalue weighted by Gasteiger charge is -2.47. The van der Waals surface area contributed by atoms with E-state index in [2.05, 4.69) is 0 Å². The summed E-state index contributed by atoms with van der Waals surface area (Å²) in [6.07, 6.45) is 5.95. The Morgan fingerprint density at radius 3 is 2.00 bits per heavy atom. The van der Waals surface area contributed by atoms with Gasteiger partial charge >= 0.3 is 0 Å². The Morgan fingerprint density at radius 2 is 1.65 bits per heavy atom. The van der Waals surface area contributed by atoms with Gasteiger partial charge < -0.3 is 20.3 Å². The van der Waals surface area contributed by atoms with E-state index in [1.54, 1.807) is 21.1 Å². The predicted octanol–water partition coefficient (Wildman–Crippen LogP) is 1.66. The number of rotatable bonds is 5. The molecule has 17 heavy (non-hydrogen) atoms. The molecule has 0 saturated heterocycles. The zero-order chi connectivity index (χ0) is 12.9.